The first-order chi connectivity index (χ1) is 16.9. The first kappa shape index (κ1) is 22.3. The van der Waals surface area contributed by atoms with Crippen LogP contribution >= 0.6 is 0 Å². The molecule has 0 saturated heterocycles. The van der Waals surface area contributed by atoms with Crippen LogP contribution in [0, 0.1) is 0 Å². The van der Waals surface area contributed by atoms with Gasteiger partial charge in [0, 0.05) is 19.5 Å². The lowest BCUT2D eigenvalue weighted by atomic mass is 10.1. The van der Waals surface area contributed by atoms with Gasteiger partial charge >= 0.3 is 0 Å². The molecule has 8 nitrogen and oxygen atoms in total. The average Bonchev–Trinajstić information content (AvgIpc) is 2.89. The van der Waals surface area contributed by atoms with Crippen LogP contribution in [0.2, 0.25) is 0 Å². The number of aromatic nitrogens is 2. The number of hydrogen-bond acceptors (Lipinski definition) is 5. The predicted molar refractivity (Wildman–Crippen MR) is 133 cm³/mol. The van der Waals surface area contributed by atoms with E-state index in [4.69, 9.17) is 4.74 Å². The number of rotatable bonds is 4. The molecule has 1 unspecified atom stereocenters. The maximum Gasteiger partial charge on any atom is 0.279 e. The van der Waals surface area contributed by atoms with Crippen LogP contribution in [0.3, 0.4) is 0 Å². The van der Waals surface area contributed by atoms with Gasteiger partial charge in [-0.2, -0.15) is 5.10 Å². The minimum atomic E-state index is -0.856. The lowest BCUT2D eigenvalue weighted by Crippen LogP contribution is -2.50. The number of hydrogen-bond donors (Lipinski definition) is 0. The van der Waals surface area contributed by atoms with Gasteiger partial charge in [0.25, 0.3) is 17.4 Å². The molecular weight excluding hydrogens is 444 g/mol. The van der Waals surface area contributed by atoms with Gasteiger partial charge < -0.3 is 9.64 Å². The van der Waals surface area contributed by atoms with E-state index in [1.807, 2.05) is 30.3 Å². The fourth-order valence-electron chi connectivity index (χ4n) is 4.23. The lowest BCUT2D eigenvalue weighted by Gasteiger charge is -2.35. The Hall–Kier alpha value is -4.46. The van der Waals surface area contributed by atoms with Crippen molar-refractivity contribution >= 4 is 28.3 Å². The second-order valence-electron chi connectivity index (χ2n) is 8.57. The molecule has 0 bridgehead atoms. The van der Waals surface area contributed by atoms with E-state index in [0.29, 0.717) is 22.2 Å². The highest BCUT2D eigenvalue weighted by atomic mass is 16.5. The SMILES string of the molecule is CN(C)C(=O)C1CN(C(=O)c2nn(Cc3ccccc3)c(=O)c3ccccc23)c2ccccc2O1. The van der Waals surface area contributed by atoms with Gasteiger partial charge in [-0.15, -0.1) is 0 Å². The van der Waals surface area contributed by atoms with Crippen LogP contribution in [0.1, 0.15) is 16.1 Å². The summed E-state index contributed by atoms with van der Waals surface area (Å²) in [5, 5.41) is 5.40. The molecule has 2 amide bonds. The van der Waals surface area contributed by atoms with E-state index in [0.717, 1.165) is 5.56 Å². The van der Waals surface area contributed by atoms with Crippen LogP contribution in [0.4, 0.5) is 5.69 Å². The zero-order valence-electron chi connectivity index (χ0n) is 19.4. The van der Waals surface area contributed by atoms with Gasteiger partial charge in [-0.1, -0.05) is 60.7 Å². The van der Waals surface area contributed by atoms with Crippen LogP contribution in [0.25, 0.3) is 10.8 Å². The Balaban J connectivity index is 1.63. The quantitative estimate of drug-likeness (QED) is 0.460. The zero-order chi connectivity index (χ0) is 24.5. The van der Waals surface area contributed by atoms with Crippen molar-refractivity contribution in [1.82, 2.24) is 14.7 Å². The third-order valence-electron chi connectivity index (χ3n) is 5.98. The van der Waals surface area contributed by atoms with E-state index >= 15 is 0 Å². The van der Waals surface area contributed by atoms with E-state index < -0.39 is 12.0 Å². The number of amides is 2. The summed E-state index contributed by atoms with van der Waals surface area (Å²) in [5.41, 5.74) is 1.31. The van der Waals surface area contributed by atoms with Crippen molar-refractivity contribution in [3.05, 3.63) is 100 Å². The lowest BCUT2D eigenvalue weighted by molar-refractivity contribution is -0.135. The second kappa shape index (κ2) is 9.06. The molecule has 3 aromatic carbocycles. The van der Waals surface area contributed by atoms with Crippen LogP contribution < -0.4 is 15.2 Å². The summed E-state index contributed by atoms with van der Waals surface area (Å²) in [5.74, 6) is -0.214. The molecule has 176 valence electrons. The van der Waals surface area contributed by atoms with Crippen molar-refractivity contribution in [1.29, 1.82) is 0 Å². The summed E-state index contributed by atoms with van der Waals surface area (Å²) < 4.78 is 7.24. The number of carbonyl (C=O) groups is 2. The minimum Gasteiger partial charge on any atom is -0.476 e. The fraction of sp³-hybridized carbons (Fsp3) is 0.185. The number of benzene rings is 3. The van der Waals surface area contributed by atoms with Gasteiger partial charge in [0.05, 0.1) is 24.2 Å². The summed E-state index contributed by atoms with van der Waals surface area (Å²) in [6, 6.07) is 23.5. The number of para-hydroxylation sites is 2. The van der Waals surface area contributed by atoms with Gasteiger partial charge in [0.15, 0.2) is 11.8 Å². The summed E-state index contributed by atoms with van der Waals surface area (Å²) in [6.45, 7) is 0.257. The molecular formula is C27H24N4O4. The maximum absolute atomic E-state index is 14.0. The molecule has 4 aromatic rings. The third-order valence-corrected chi connectivity index (χ3v) is 5.98. The Bertz CT molecular complexity index is 1480. The molecule has 1 aliphatic heterocycles. The zero-order valence-corrected chi connectivity index (χ0v) is 19.4. The van der Waals surface area contributed by atoms with E-state index in [9.17, 15) is 14.4 Å². The molecule has 5 rings (SSSR count). The number of anilines is 1. The molecule has 0 radical (unpaired) electrons. The fourth-order valence-corrected chi connectivity index (χ4v) is 4.23. The van der Waals surface area contributed by atoms with Gasteiger partial charge in [-0.3, -0.25) is 19.3 Å². The average molecular weight is 469 g/mol. The van der Waals surface area contributed by atoms with Crippen molar-refractivity contribution in [2.75, 3.05) is 25.5 Å². The molecule has 2 heterocycles. The molecule has 0 aliphatic carbocycles. The Labute approximate surface area is 202 Å². The van der Waals surface area contributed by atoms with E-state index in [2.05, 4.69) is 5.10 Å². The first-order valence-electron chi connectivity index (χ1n) is 11.3. The largest absolute Gasteiger partial charge is 0.476 e. The molecule has 1 aromatic heterocycles. The Morgan fingerprint density at radius 3 is 2.34 bits per heavy atom. The Kier molecular flexibility index (Phi) is 5.78. The summed E-state index contributed by atoms with van der Waals surface area (Å²) >= 11 is 0. The van der Waals surface area contributed by atoms with Crippen LogP contribution in [0.15, 0.2) is 83.7 Å². The number of likely N-dealkylation sites (N-methyl/N-ethyl adjacent to an activating group) is 1. The molecule has 8 heteroatoms. The summed E-state index contributed by atoms with van der Waals surface area (Å²) in [6.07, 6.45) is -0.856. The maximum atomic E-state index is 14.0. The van der Waals surface area contributed by atoms with Gasteiger partial charge in [0.1, 0.15) is 5.75 Å². The van der Waals surface area contributed by atoms with Gasteiger partial charge in [-0.25, -0.2) is 4.68 Å². The molecule has 0 spiro atoms. The first-order valence-corrected chi connectivity index (χ1v) is 11.3. The second-order valence-corrected chi connectivity index (χ2v) is 8.57. The van der Waals surface area contributed by atoms with Crippen LogP contribution in [0.5, 0.6) is 5.75 Å². The molecule has 0 N–H and O–H groups in total. The molecule has 35 heavy (non-hydrogen) atoms. The molecule has 1 atom stereocenters. The van der Waals surface area contributed by atoms with Gasteiger partial charge in [0.2, 0.25) is 0 Å². The van der Waals surface area contributed by atoms with Crippen molar-refractivity contribution < 1.29 is 14.3 Å². The number of ether oxygens (including phenoxy) is 1. The van der Waals surface area contributed by atoms with Crippen molar-refractivity contribution in [3.8, 4) is 5.75 Å². The highest BCUT2D eigenvalue weighted by molar-refractivity contribution is 6.13. The standard InChI is InChI=1S/C27H24N4O4/c1-29(2)26(33)23-17-30(21-14-8-9-15-22(21)35-23)27(34)24-19-12-6-7-13-20(19)25(32)31(28-24)16-18-10-4-3-5-11-18/h3-15,23H,16-17H2,1-2H3. The molecule has 0 fully saturated rings. The predicted octanol–water partition coefficient (Wildman–Crippen LogP) is 2.94. The third kappa shape index (κ3) is 4.14. The van der Waals surface area contributed by atoms with E-state index in [-0.39, 0.29) is 30.2 Å². The molecule has 0 saturated carbocycles. The number of carbonyl (C=O) groups excluding carboxylic acids is 2. The molecule has 1 aliphatic rings. The van der Waals surface area contributed by atoms with Gasteiger partial charge in [-0.05, 0) is 23.8 Å². The number of fused-ring (bicyclic) bond motifs is 2. The summed E-state index contributed by atoms with van der Waals surface area (Å²) in [4.78, 5) is 42.9. The summed E-state index contributed by atoms with van der Waals surface area (Å²) in [7, 11) is 3.29. The smallest absolute Gasteiger partial charge is 0.279 e. The van der Waals surface area contributed by atoms with Crippen LogP contribution in [-0.2, 0) is 11.3 Å². The minimum absolute atomic E-state index is 0.0285. The van der Waals surface area contributed by atoms with Crippen molar-refractivity contribution in [3.63, 3.8) is 0 Å². The topological polar surface area (TPSA) is 84.7 Å². The highest BCUT2D eigenvalue weighted by Crippen LogP contribution is 2.34. The Morgan fingerprint density at radius 1 is 0.943 bits per heavy atom. The Morgan fingerprint density at radius 2 is 1.60 bits per heavy atom. The number of nitrogens with zero attached hydrogens (tertiary/aromatic N) is 4. The van der Waals surface area contributed by atoms with Crippen molar-refractivity contribution in [2.45, 2.75) is 12.6 Å². The van der Waals surface area contributed by atoms with E-state index in [1.54, 1.807) is 62.6 Å². The monoisotopic (exact) mass is 468 g/mol. The normalized spacial score (nSPS) is 14.8. The van der Waals surface area contributed by atoms with E-state index in [1.165, 1.54) is 14.5 Å². The van der Waals surface area contributed by atoms with Crippen molar-refractivity contribution in [2.24, 2.45) is 0 Å². The van der Waals surface area contributed by atoms with Crippen LogP contribution in [-0.4, -0.2) is 53.2 Å². The highest BCUT2D eigenvalue weighted by Gasteiger charge is 2.36.